The number of hydrogen-bond donors (Lipinski definition) is 2. The molecule has 3 nitrogen and oxygen atoms in total. The van der Waals surface area contributed by atoms with Gasteiger partial charge in [0.05, 0.1) is 11.7 Å². The Labute approximate surface area is 186 Å². The Hall–Kier alpha value is -1.94. The molecule has 0 aromatic heterocycles. The van der Waals surface area contributed by atoms with E-state index in [9.17, 15) is 0 Å². The lowest BCUT2D eigenvalue weighted by Crippen LogP contribution is -2.41. The largest absolute Gasteiger partial charge is 0.353 e. The Morgan fingerprint density at radius 3 is 2.23 bits per heavy atom. The van der Waals surface area contributed by atoms with Gasteiger partial charge in [-0.1, -0.05) is 81.0 Å². The summed E-state index contributed by atoms with van der Waals surface area (Å²) in [6.07, 6.45) is 13.0. The molecule has 0 radical (unpaired) electrons. The van der Waals surface area contributed by atoms with Crippen LogP contribution in [0.25, 0.3) is 0 Å². The molecule has 0 unspecified atom stereocenters. The summed E-state index contributed by atoms with van der Waals surface area (Å²) < 4.78 is 0. The van der Waals surface area contributed by atoms with Crippen molar-refractivity contribution in [3.05, 3.63) is 60.2 Å². The Bertz CT molecular complexity index is 793. The zero-order valence-corrected chi connectivity index (χ0v) is 18.8. The summed E-state index contributed by atoms with van der Waals surface area (Å²) in [6, 6.07) is 20.4. The van der Waals surface area contributed by atoms with Gasteiger partial charge in [-0.15, -0.1) is 11.8 Å². The zero-order chi connectivity index (χ0) is 20.4. The van der Waals surface area contributed by atoms with Crippen LogP contribution in [0, 0.1) is 0 Å². The number of thioether (sulfide) groups is 1. The molecule has 0 amide bonds. The smallest absolute Gasteiger partial charge is 0.196 e. The van der Waals surface area contributed by atoms with Crippen LogP contribution in [-0.2, 0) is 5.75 Å². The first-order valence-corrected chi connectivity index (χ1v) is 12.7. The highest BCUT2D eigenvalue weighted by molar-refractivity contribution is 7.98. The monoisotopic (exact) mass is 421 g/mol. The van der Waals surface area contributed by atoms with Crippen molar-refractivity contribution in [2.75, 3.05) is 5.32 Å². The molecule has 2 N–H and O–H groups in total. The standard InChI is InChI=1S/C26H35N3S/c1-4-12-21(13-5-1)20-30-25-19-11-10-18-24(25)29-26(27-22-14-6-2-7-15-22)28-23-16-8-3-9-17-23/h1,4-5,10-13,18-19,22-23H,2-3,6-9,14-17,20H2,(H2,27,28,29). The average Bonchev–Trinajstić information content (AvgIpc) is 2.80. The minimum atomic E-state index is 0.460. The third-order valence-electron chi connectivity index (χ3n) is 6.21. The van der Waals surface area contributed by atoms with Crippen molar-refractivity contribution >= 4 is 23.4 Å². The summed E-state index contributed by atoms with van der Waals surface area (Å²) in [5, 5.41) is 7.48. The molecule has 30 heavy (non-hydrogen) atoms. The lowest BCUT2D eigenvalue weighted by molar-refractivity contribution is 0.408. The van der Waals surface area contributed by atoms with Crippen molar-refractivity contribution in [1.82, 2.24) is 5.32 Å². The molecule has 0 aliphatic heterocycles. The SMILES string of the molecule is c1ccc(CSc2ccccc2NC(=NC2CCCCC2)NC2CCCCC2)cc1. The average molecular weight is 422 g/mol. The molecule has 4 rings (SSSR count). The zero-order valence-electron chi connectivity index (χ0n) is 18.0. The van der Waals surface area contributed by atoms with Gasteiger partial charge in [-0.25, -0.2) is 4.99 Å². The van der Waals surface area contributed by atoms with E-state index in [2.05, 4.69) is 65.2 Å². The normalized spacial score (nSPS) is 18.9. The molecule has 2 fully saturated rings. The molecule has 2 saturated carbocycles. The number of nitrogens with one attached hydrogen (secondary N) is 2. The fourth-order valence-electron chi connectivity index (χ4n) is 4.50. The van der Waals surface area contributed by atoms with E-state index in [1.54, 1.807) is 0 Å². The molecule has 2 aromatic carbocycles. The predicted octanol–water partition coefficient (Wildman–Crippen LogP) is 7.00. The summed E-state index contributed by atoms with van der Waals surface area (Å²) in [4.78, 5) is 6.45. The van der Waals surface area contributed by atoms with Crippen LogP contribution in [0.2, 0.25) is 0 Å². The fourth-order valence-corrected chi connectivity index (χ4v) is 5.46. The summed E-state index contributed by atoms with van der Waals surface area (Å²) in [5.41, 5.74) is 2.52. The molecule has 4 heteroatoms. The van der Waals surface area contributed by atoms with Crippen LogP contribution in [0.4, 0.5) is 5.69 Å². The van der Waals surface area contributed by atoms with Crippen molar-refractivity contribution < 1.29 is 0 Å². The van der Waals surface area contributed by atoms with E-state index in [0.29, 0.717) is 12.1 Å². The molecule has 160 valence electrons. The number of hydrogen-bond acceptors (Lipinski definition) is 2. The van der Waals surface area contributed by atoms with Crippen LogP contribution in [-0.4, -0.2) is 18.0 Å². The maximum absolute atomic E-state index is 5.17. The van der Waals surface area contributed by atoms with Gasteiger partial charge in [0, 0.05) is 16.7 Å². The molecule has 2 aromatic rings. The lowest BCUT2D eigenvalue weighted by Gasteiger charge is -2.27. The maximum atomic E-state index is 5.17. The van der Waals surface area contributed by atoms with E-state index < -0.39 is 0 Å². The highest BCUT2D eigenvalue weighted by Gasteiger charge is 2.18. The number of aliphatic imine (C=N–C) groups is 1. The highest BCUT2D eigenvalue weighted by atomic mass is 32.2. The molecule has 0 heterocycles. The molecule has 0 atom stereocenters. The van der Waals surface area contributed by atoms with Crippen molar-refractivity contribution in [2.45, 2.75) is 86.9 Å². The van der Waals surface area contributed by atoms with Crippen LogP contribution in [0.3, 0.4) is 0 Å². The maximum Gasteiger partial charge on any atom is 0.196 e. The summed E-state index contributed by atoms with van der Waals surface area (Å²) in [7, 11) is 0. The van der Waals surface area contributed by atoms with Gasteiger partial charge in [-0.05, 0) is 43.4 Å². The van der Waals surface area contributed by atoms with E-state index in [-0.39, 0.29) is 0 Å². The predicted molar refractivity (Wildman–Crippen MR) is 130 cm³/mol. The molecular formula is C26H35N3S. The van der Waals surface area contributed by atoms with Crippen LogP contribution in [0.1, 0.15) is 69.8 Å². The van der Waals surface area contributed by atoms with Gasteiger partial charge in [-0.2, -0.15) is 0 Å². The Morgan fingerprint density at radius 1 is 0.800 bits per heavy atom. The fraction of sp³-hybridized carbons (Fsp3) is 0.500. The Kier molecular flexibility index (Phi) is 8.13. The van der Waals surface area contributed by atoms with Gasteiger partial charge >= 0.3 is 0 Å². The summed E-state index contributed by atoms with van der Waals surface area (Å²) in [5.74, 6) is 1.96. The first kappa shape index (κ1) is 21.3. The Balaban J connectivity index is 1.47. The van der Waals surface area contributed by atoms with Crippen molar-refractivity contribution in [2.24, 2.45) is 4.99 Å². The van der Waals surface area contributed by atoms with Crippen LogP contribution < -0.4 is 10.6 Å². The third kappa shape index (κ3) is 6.53. The number of benzene rings is 2. The second-order valence-electron chi connectivity index (χ2n) is 8.64. The third-order valence-corrected chi connectivity index (χ3v) is 7.35. The number of nitrogens with zero attached hydrogens (tertiary/aromatic N) is 1. The molecule has 0 saturated heterocycles. The highest BCUT2D eigenvalue weighted by Crippen LogP contribution is 2.30. The van der Waals surface area contributed by atoms with Gasteiger partial charge in [0.25, 0.3) is 0 Å². The Morgan fingerprint density at radius 2 is 1.47 bits per heavy atom. The lowest BCUT2D eigenvalue weighted by atomic mass is 9.95. The number of guanidine groups is 1. The second kappa shape index (κ2) is 11.5. The van der Waals surface area contributed by atoms with Gasteiger partial charge in [0.15, 0.2) is 5.96 Å². The van der Waals surface area contributed by atoms with Crippen molar-refractivity contribution in [3.63, 3.8) is 0 Å². The van der Waals surface area contributed by atoms with Crippen LogP contribution in [0.5, 0.6) is 0 Å². The summed E-state index contributed by atoms with van der Waals surface area (Å²) >= 11 is 1.89. The van der Waals surface area contributed by atoms with Gasteiger partial charge in [0.2, 0.25) is 0 Å². The van der Waals surface area contributed by atoms with Crippen LogP contribution in [0.15, 0.2) is 64.5 Å². The van der Waals surface area contributed by atoms with Gasteiger partial charge < -0.3 is 10.6 Å². The first-order chi connectivity index (χ1) is 14.9. The van der Waals surface area contributed by atoms with Gasteiger partial charge in [0.1, 0.15) is 0 Å². The molecule has 0 spiro atoms. The van der Waals surface area contributed by atoms with Crippen LogP contribution >= 0.6 is 11.8 Å². The molecule has 2 aliphatic carbocycles. The number of para-hydroxylation sites is 1. The number of rotatable bonds is 6. The van der Waals surface area contributed by atoms with E-state index in [0.717, 1.165) is 17.4 Å². The second-order valence-corrected chi connectivity index (χ2v) is 9.66. The molecule has 2 aliphatic rings. The van der Waals surface area contributed by atoms with Gasteiger partial charge in [-0.3, -0.25) is 0 Å². The van der Waals surface area contributed by atoms with E-state index in [1.165, 1.54) is 74.7 Å². The first-order valence-electron chi connectivity index (χ1n) is 11.7. The minimum Gasteiger partial charge on any atom is -0.353 e. The van der Waals surface area contributed by atoms with E-state index >= 15 is 0 Å². The van der Waals surface area contributed by atoms with Crippen molar-refractivity contribution in [3.8, 4) is 0 Å². The number of anilines is 1. The minimum absolute atomic E-state index is 0.460. The quantitative estimate of drug-likeness (QED) is 0.299. The van der Waals surface area contributed by atoms with E-state index in [4.69, 9.17) is 4.99 Å². The molecular weight excluding hydrogens is 386 g/mol. The molecule has 0 bridgehead atoms. The topological polar surface area (TPSA) is 36.4 Å². The van der Waals surface area contributed by atoms with E-state index in [1.807, 2.05) is 11.8 Å². The summed E-state index contributed by atoms with van der Waals surface area (Å²) in [6.45, 7) is 0. The van der Waals surface area contributed by atoms with Crippen molar-refractivity contribution in [1.29, 1.82) is 0 Å².